The van der Waals surface area contributed by atoms with E-state index in [1.807, 2.05) is 6.92 Å². The fourth-order valence-electron chi connectivity index (χ4n) is 3.22. The van der Waals surface area contributed by atoms with E-state index >= 15 is 0 Å². The largest absolute Gasteiger partial charge is 0.464 e. The van der Waals surface area contributed by atoms with Gasteiger partial charge in [0.05, 0.1) is 29.2 Å². The molecular formula is C20H15BrF3N5O3S. The number of furan rings is 1. The number of primary amides is 1. The number of hydrogen-bond acceptors (Lipinski definition) is 6. The van der Waals surface area contributed by atoms with Gasteiger partial charge in [-0.25, -0.2) is 4.98 Å². The highest BCUT2D eigenvalue weighted by molar-refractivity contribution is 9.10. The van der Waals surface area contributed by atoms with Gasteiger partial charge in [-0.15, -0.1) is 11.3 Å². The summed E-state index contributed by atoms with van der Waals surface area (Å²) >= 11 is 4.01. The second-order valence-electron chi connectivity index (χ2n) is 6.98. The number of rotatable bonds is 6. The first-order valence-corrected chi connectivity index (χ1v) is 11.0. The smallest absolute Gasteiger partial charge is 0.433 e. The number of hydrogen-bond donors (Lipinski definition) is 2. The van der Waals surface area contributed by atoms with E-state index in [1.165, 1.54) is 18.4 Å². The molecule has 4 aromatic rings. The molecule has 13 heteroatoms. The highest BCUT2D eigenvalue weighted by Crippen LogP contribution is 2.43. The Labute approximate surface area is 196 Å². The second-order valence-corrected chi connectivity index (χ2v) is 8.83. The Morgan fingerprint density at radius 2 is 2.12 bits per heavy atom. The summed E-state index contributed by atoms with van der Waals surface area (Å²) in [5.41, 5.74) is 5.16. The number of nitrogens with one attached hydrogen (secondary N) is 1. The van der Waals surface area contributed by atoms with Crippen molar-refractivity contribution in [2.45, 2.75) is 26.1 Å². The molecule has 3 N–H and O–H groups in total. The van der Waals surface area contributed by atoms with Crippen LogP contribution in [0, 0.1) is 6.92 Å². The van der Waals surface area contributed by atoms with Crippen LogP contribution in [-0.2, 0) is 17.5 Å². The number of fused-ring (bicyclic) bond motifs is 1. The number of anilines is 1. The number of nitrogens with two attached hydrogens (primary N) is 1. The predicted octanol–water partition coefficient (Wildman–Crippen LogP) is 4.97. The number of amides is 2. The maximum Gasteiger partial charge on any atom is 0.433 e. The Hall–Kier alpha value is -3.19. The zero-order chi connectivity index (χ0) is 23.9. The van der Waals surface area contributed by atoms with Gasteiger partial charge in [0.25, 0.3) is 5.91 Å². The van der Waals surface area contributed by atoms with E-state index < -0.39 is 23.7 Å². The summed E-state index contributed by atoms with van der Waals surface area (Å²) in [4.78, 5) is 28.2. The van der Waals surface area contributed by atoms with Crippen LogP contribution in [0.1, 0.15) is 27.5 Å². The van der Waals surface area contributed by atoms with Crippen LogP contribution >= 0.6 is 27.3 Å². The van der Waals surface area contributed by atoms with Crippen LogP contribution in [0.2, 0.25) is 0 Å². The molecule has 172 valence electrons. The van der Waals surface area contributed by atoms with Crippen molar-refractivity contribution in [3.05, 3.63) is 51.4 Å². The number of aromatic nitrogens is 3. The van der Waals surface area contributed by atoms with E-state index in [4.69, 9.17) is 10.2 Å². The summed E-state index contributed by atoms with van der Waals surface area (Å²) in [5.74, 6) is -1.26. The van der Waals surface area contributed by atoms with Gasteiger partial charge in [-0.2, -0.15) is 18.3 Å². The molecule has 0 fully saturated rings. The average molecular weight is 542 g/mol. The quantitative estimate of drug-likeness (QED) is 0.357. The van der Waals surface area contributed by atoms with Crippen LogP contribution in [0.5, 0.6) is 0 Å². The van der Waals surface area contributed by atoms with Crippen molar-refractivity contribution >= 4 is 55.0 Å². The molecular weight excluding hydrogens is 527 g/mol. The van der Waals surface area contributed by atoms with Gasteiger partial charge in [-0.1, -0.05) is 0 Å². The lowest BCUT2D eigenvalue weighted by atomic mass is 10.1. The maximum absolute atomic E-state index is 13.4. The molecule has 0 unspecified atom stereocenters. The van der Waals surface area contributed by atoms with Gasteiger partial charge in [0.1, 0.15) is 21.2 Å². The first-order chi connectivity index (χ1) is 15.6. The average Bonchev–Trinajstić information content (AvgIpc) is 3.46. The standard InChI is InChI=1S/C20H15BrF3N5O3S/c1-9-11(21)8-26-29(9)5-4-14(30)28-16-15-10(12-3-2-6-32-12)7-13(20(22,23)24)27-19(15)33-17(16)18(25)31/h2-3,6-8H,4-5H2,1H3,(H2,25,31)(H,28,30). The zero-order valence-electron chi connectivity index (χ0n) is 16.9. The Morgan fingerprint density at radius 3 is 2.70 bits per heavy atom. The van der Waals surface area contributed by atoms with Crippen LogP contribution < -0.4 is 11.1 Å². The monoisotopic (exact) mass is 541 g/mol. The summed E-state index contributed by atoms with van der Waals surface area (Å²) in [7, 11) is 0. The third-order valence-electron chi connectivity index (χ3n) is 4.82. The number of carbonyl (C=O) groups is 2. The van der Waals surface area contributed by atoms with Crippen molar-refractivity contribution < 1.29 is 27.2 Å². The van der Waals surface area contributed by atoms with Gasteiger partial charge in [-0.3, -0.25) is 14.3 Å². The molecule has 0 aliphatic rings. The molecule has 0 saturated carbocycles. The van der Waals surface area contributed by atoms with Gasteiger partial charge >= 0.3 is 6.18 Å². The molecule has 0 atom stereocenters. The van der Waals surface area contributed by atoms with Crippen LogP contribution in [0.4, 0.5) is 18.9 Å². The van der Waals surface area contributed by atoms with Gasteiger partial charge in [0.2, 0.25) is 5.91 Å². The maximum atomic E-state index is 13.4. The Kier molecular flexibility index (Phi) is 6.01. The first kappa shape index (κ1) is 23.0. The summed E-state index contributed by atoms with van der Waals surface area (Å²) in [6, 6.07) is 3.80. The van der Waals surface area contributed by atoms with Gasteiger partial charge in [-0.05, 0) is 41.1 Å². The molecule has 2 amide bonds. The number of pyridine rings is 1. The van der Waals surface area contributed by atoms with Crippen molar-refractivity contribution in [3.8, 4) is 11.3 Å². The molecule has 0 aliphatic heterocycles. The fraction of sp³-hybridized carbons (Fsp3) is 0.200. The lowest BCUT2D eigenvalue weighted by molar-refractivity contribution is -0.140. The predicted molar refractivity (Wildman–Crippen MR) is 119 cm³/mol. The van der Waals surface area contributed by atoms with Crippen LogP contribution in [0.3, 0.4) is 0 Å². The van der Waals surface area contributed by atoms with Crippen LogP contribution in [-0.4, -0.2) is 26.6 Å². The summed E-state index contributed by atoms with van der Waals surface area (Å²) in [6.45, 7) is 2.07. The molecule has 0 radical (unpaired) electrons. The first-order valence-electron chi connectivity index (χ1n) is 9.42. The summed E-state index contributed by atoms with van der Waals surface area (Å²) in [6.07, 6.45) is -1.83. The second kappa shape index (κ2) is 8.63. The van der Waals surface area contributed by atoms with Crippen molar-refractivity contribution in [3.63, 3.8) is 0 Å². The minimum atomic E-state index is -4.73. The molecule has 4 rings (SSSR count). The van der Waals surface area contributed by atoms with Crippen LogP contribution in [0.25, 0.3) is 21.5 Å². The van der Waals surface area contributed by atoms with Gasteiger partial charge < -0.3 is 15.5 Å². The van der Waals surface area contributed by atoms with Crippen LogP contribution in [0.15, 0.2) is 39.5 Å². The highest BCUT2D eigenvalue weighted by Gasteiger charge is 2.35. The van der Waals surface area contributed by atoms with E-state index in [-0.39, 0.29) is 45.1 Å². The lowest BCUT2D eigenvalue weighted by Crippen LogP contribution is -2.18. The fourth-order valence-corrected chi connectivity index (χ4v) is 4.52. The normalized spacial score (nSPS) is 11.8. The zero-order valence-corrected chi connectivity index (χ0v) is 19.3. The number of carbonyl (C=O) groups excluding carboxylic acids is 2. The number of aryl methyl sites for hydroxylation is 1. The molecule has 0 spiro atoms. The van der Waals surface area contributed by atoms with E-state index in [2.05, 4.69) is 31.3 Å². The van der Waals surface area contributed by atoms with Crippen molar-refractivity contribution in [2.75, 3.05) is 5.32 Å². The van der Waals surface area contributed by atoms with Crippen molar-refractivity contribution in [2.24, 2.45) is 5.73 Å². The third kappa shape index (κ3) is 4.50. The number of alkyl halides is 3. The van der Waals surface area contributed by atoms with Crippen molar-refractivity contribution in [1.29, 1.82) is 0 Å². The lowest BCUT2D eigenvalue weighted by Gasteiger charge is -2.11. The molecule has 0 aromatic carbocycles. The molecule has 0 bridgehead atoms. The number of thiophene rings is 1. The van der Waals surface area contributed by atoms with Crippen molar-refractivity contribution in [1.82, 2.24) is 14.8 Å². The molecule has 4 aromatic heterocycles. The number of halogens is 4. The van der Waals surface area contributed by atoms with E-state index in [0.29, 0.717) is 11.3 Å². The van der Waals surface area contributed by atoms with Gasteiger partial charge in [0, 0.05) is 23.1 Å². The Balaban J connectivity index is 1.78. The molecule has 4 heterocycles. The third-order valence-corrected chi connectivity index (χ3v) is 6.70. The van der Waals surface area contributed by atoms with Gasteiger partial charge in [0.15, 0.2) is 0 Å². The Bertz CT molecular complexity index is 1360. The number of nitrogens with zero attached hydrogens (tertiary/aromatic N) is 3. The minimum Gasteiger partial charge on any atom is -0.464 e. The molecule has 33 heavy (non-hydrogen) atoms. The summed E-state index contributed by atoms with van der Waals surface area (Å²) in [5, 5.41) is 6.92. The summed E-state index contributed by atoms with van der Waals surface area (Å²) < 4.78 is 48.1. The molecule has 0 saturated heterocycles. The molecule has 8 nitrogen and oxygen atoms in total. The SMILES string of the molecule is Cc1c(Br)cnn1CCC(=O)Nc1c(C(N)=O)sc2nc(C(F)(F)F)cc(-c3ccco3)c12. The van der Waals surface area contributed by atoms with E-state index in [1.54, 1.807) is 10.9 Å². The van der Waals surface area contributed by atoms with E-state index in [0.717, 1.165) is 16.2 Å². The minimum absolute atomic E-state index is 0.00140. The van der Waals surface area contributed by atoms with E-state index in [9.17, 15) is 22.8 Å². The topological polar surface area (TPSA) is 116 Å². The highest BCUT2D eigenvalue weighted by atomic mass is 79.9. The Morgan fingerprint density at radius 1 is 1.36 bits per heavy atom. The molecule has 0 aliphatic carbocycles.